The topological polar surface area (TPSA) is 73.2 Å². The molecule has 8 atom stereocenters. The fraction of sp³-hybridized carbons (Fsp3) is 0.778. The first-order valence-electron chi connectivity index (χ1n) is 12.4. The minimum atomic E-state index is -0.625. The monoisotopic (exact) mass is 430 g/mol. The van der Waals surface area contributed by atoms with Gasteiger partial charge in [0.15, 0.2) is 0 Å². The second-order valence-electron chi connectivity index (χ2n) is 11.3. The quantitative estimate of drug-likeness (QED) is 0.534. The average molecular weight is 431 g/mol. The van der Waals surface area contributed by atoms with Gasteiger partial charge in [-0.25, -0.2) is 0 Å². The van der Waals surface area contributed by atoms with Crippen LogP contribution in [-0.4, -0.2) is 45.8 Å². The Labute approximate surface area is 188 Å². The second kappa shape index (κ2) is 8.78. The maximum atomic E-state index is 10.4. The molecule has 1 aliphatic heterocycles. The summed E-state index contributed by atoms with van der Waals surface area (Å²) in [6.45, 7) is 11.6. The minimum absolute atomic E-state index is 0.291. The summed E-state index contributed by atoms with van der Waals surface area (Å²) < 4.78 is 5.43. The van der Waals surface area contributed by atoms with Crippen LogP contribution in [0.1, 0.15) is 78.6 Å². The highest BCUT2D eigenvalue weighted by Gasteiger charge is 2.51. The summed E-state index contributed by atoms with van der Waals surface area (Å²) in [4.78, 5) is 0. The van der Waals surface area contributed by atoms with Gasteiger partial charge in [0, 0.05) is 6.42 Å². The molecular weight excluding hydrogens is 388 g/mol. The van der Waals surface area contributed by atoms with Gasteiger partial charge in [-0.3, -0.25) is 0 Å². The normalized spacial score (nSPS) is 45.0. The van der Waals surface area contributed by atoms with Crippen LogP contribution >= 0.6 is 0 Å². The van der Waals surface area contributed by atoms with E-state index in [0.717, 1.165) is 30.4 Å². The van der Waals surface area contributed by atoms with Crippen molar-refractivity contribution in [2.75, 3.05) is 6.61 Å². The van der Waals surface area contributed by atoms with Crippen LogP contribution in [0.5, 0.6) is 0 Å². The van der Waals surface area contributed by atoms with Crippen molar-refractivity contribution in [3.05, 3.63) is 35.5 Å². The summed E-state index contributed by atoms with van der Waals surface area (Å²) in [6, 6.07) is 0. The van der Waals surface area contributed by atoms with Crippen LogP contribution in [0.25, 0.3) is 0 Å². The smallest absolute Gasteiger partial charge is 0.115 e. The van der Waals surface area contributed by atoms with E-state index in [4.69, 9.17) is 4.74 Å². The molecule has 1 saturated heterocycles. The molecule has 0 amide bonds. The van der Waals surface area contributed by atoms with Gasteiger partial charge in [0.05, 0.1) is 24.9 Å². The first-order chi connectivity index (χ1) is 14.6. The molecule has 0 spiro atoms. The number of allylic oxidation sites excluding steroid dienone is 3. The summed E-state index contributed by atoms with van der Waals surface area (Å²) in [5.41, 5.74) is 3.34. The third kappa shape index (κ3) is 4.59. The van der Waals surface area contributed by atoms with E-state index >= 15 is 0 Å². The zero-order valence-corrected chi connectivity index (χ0v) is 19.6. The van der Waals surface area contributed by atoms with Gasteiger partial charge in [0.1, 0.15) is 5.60 Å². The van der Waals surface area contributed by atoms with Gasteiger partial charge in [-0.05, 0) is 92.6 Å². The standard InChI is InChI=1S/C27H42O4/c1-17(7-12-25(30)27(4)16-31-27)22-10-11-23-19(6-5-13-26(22,23)3)8-9-20-14-21(28)15-24(29)18(20)2/h8-9,17,21-25,28-30H,2,5-7,10-16H2,1,3-4H3/b19-8+,20-9-/t17-,21-,22-,23+,24+,25+,26-,27-/m1/s1. The zero-order valence-electron chi connectivity index (χ0n) is 19.6. The Bertz CT molecular complexity index is 748. The lowest BCUT2D eigenvalue weighted by atomic mass is 9.60. The number of fused-ring (bicyclic) bond motifs is 1. The number of aliphatic hydroxyl groups is 3. The van der Waals surface area contributed by atoms with E-state index in [9.17, 15) is 15.3 Å². The van der Waals surface area contributed by atoms with Crippen molar-refractivity contribution in [2.24, 2.45) is 23.2 Å². The van der Waals surface area contributed by atoms with Gasteiger partial charge >= 0.3 is 0 Å². The molecule has 0 bridgehead atoms. The molecule has 0 aromatic carbocycles. The molecule has 0 aromatic rings. The van der Waals surface area contributed by atoms with E-state index in [1.807, 2.05) is 6.92 Å². The molecule has 0 radical (unpaired) electrons. The van der Waals surface area contributed by atoms with E-state index in [2.05, 4.69) is 32.6 Å². The third-order valence-electron chi connectivity index (χ3n) is 9.19. The van der Waals surface area contributed by atoms with Crippen LogP contribution in [0.2, 0.25) is 0 Å². The van der Waals surface area contributed by atoms with Gasteiger partial charge in [-0.2, -0.15) is 0 Å². The van der Waals surface area contributed by atoms with Gasteiger partial charge in [0.2, 0.25) is 0 Å². The van der Waals surface area contributed by atoms with Crippen molar-refractivity contribution >= 4 is 0 Å². The Morgan fingerprint density at radius 2 is 1.94 bits per heavy atom. The molecule has 4 aliphatic rings. The van der Waals surface area contributed by atoms with Gasteiger partial charge < -0.3 is 20.1 Å². The number of hydrogen-bond acceptors (Lipinski definition) is 4. The van der Waals surface area contributed by atoms with Crippen LogP contribution < -0.4 is 0 Å². The largest absolute Gasteiger partial charge is 0.393 e. The highest BCUT2D eigenvalue weighted by Crippen LogP contribution is 2.60. The van der Waals surface area contributed by atoms with Crippen LogP contribution in [0.3, 0.4) is 0 Å². The van der Waals surface area contributed by atoms with Crippen molar-refractivity contribution in [1.29, 1.82) is 0 Å². The van der Waals surface area contributed by atoms with Crippen molar-refractivity contribution in [3.63, 3.8) is 0 Å². The molecule has 3 saturated carbocycles. The molecule has 4 heteroatoms. The Morgan fingerprint density at radius 1 is 1.19 bits per heavy atom. The summed E-state index contributed by atoms with van der Waals surface area (Å²) >= 11 is 0. The predicted octanol–water partition coefficient (Wildman–Crippen LogP) is 4.69. The van der Waals surface area contributed by atoms with Crippen molar-refractivity contribution in [3.8, 4) is 0 Å². The third-order valence-corrected chi connectivity index (χ3v) is 9.19. The molecule has 1 heterocycles. The maximum Gasteiger partial charge on any atom is 0.115 e. The molecule has 174 valence electrons. The molecule has 0 unspecified atom stereocenters. The number of ether oxygens (including phenoxy) is 1. The van der Waals surface area contributed by atoms with Crippen molar-refractivity contribution in [1.82, 2.24) is 0 Å². The van der Waals surface area contributed by atoms with E-state index < -0.39 is 12.2 Å². The van der Waals surface area contributed by atoms with Crippen molar-refractivity contribution in [2.45, 2.75) is 102 Å². The molecule has 31 heavy (non-hydrogen) atoms. The van der Waals surface area contributed by atoms with Crippen LogP contribution in [0.4, 0.5) is 0 Å². The molecule has 3 N–H and O–H groups in total. The first kappa shape index (κ1) is 23.2. The molecule has 3 aliphatic carbocycles. The molecule has 4 fully saturated rings. The summed E-state index contributed by atoms with van der Waals surface area (Å²) in [6.07, 6.45) is 12.0. The number of aliphatic hydroxyl groups excluding tert-OH is 3. The van der Waals surface area contributed by atoms with Crippen LogP contribution in [0, 0.1) is 23.2 Å². The molecule has 0 aromatic heterocycles. The number of hydrogen-bond donors (Lipinski definition) is 3. The predicted molar refractivity (Wildman–Crippen MR) is 123 cm³/mol. The Morgan fingerprint density at radius 3 is 2.65 bits per heavy atom. The van der Waals surface area contributed by atoms with E-state index in [1.165, 1.54) is 31.3 Å². The SMILES string of the molecule is C=C1/C(=C\C=C2/CCC[C@]3(C)[C@@H]([C@H](C)CC[C@H](O)[C@@]4(C)CO4)CC[C@@H]23)C[C@@H](O)C[C@@H]1O. The maximum absolute atomic E-state index is 10.4. The Hall–Kier alpha value is -0.940. The van der Waals surface area contributed by atoms with Crippen LogP contribution in [-0.2, 0) is 4.74 Å². The molecule has 4 nitrogen and oxygen atoms in total. The highest BCUT2D eigenvalue weighted by molar-refractivity contribution is 5.38. The average Bonchev–Trinajstić information content (AvgIpc) is 3.37. The minimum Gasteiger partial charge on any atom is -0.393 e. The summed E-state index contributed by atoms with van der Waals surface area (Å²) in [5.74, 6) is 1.92. The second-order valence-corrected chi connectivity index (χ2v) is 11.3. The summed E-state index contributed by atoms with van der Waals surface area (Å²) in [7, 11) is 0. The fourth-order valence-electron chi connectivity index (χ4n) is 6.91. The fourth-order valence-corrected chi connectivity index (χ4v) is 6.91. The lowest BCUT2D eigenvalue weighted by molar-refractivity contribution is 0.0546. The van der Waals surface area contributed by atoms with E-state index in [0.29, 0.717) is 42.6 Å². The zero-order chi connectivity index (χ0) is 22.4. The van der Waals surface area contributed by atoms with Gasteiger partial charge in [0.25, 0.3) is 0 Å². The molecule has 4 rings (SSSR count). The van der Waals surface area contributed by atoms with E-state index in [1.54, 1.807) is 0 Å². The van der Waals surface area contributed by atoms with Gasteiger partial charge in [-0.1, -0.05) is 38.2 Å². The lowest BCUT2D eigenvalue weighted by Crippen LogP contribution is -2.36. The Balaban J connectivity index is 1.44. The number of epoxide rings is 1. The van der Waals surface area contributed by atoms with Crippen molar-refractivity contribution < 1.29 is 20.1 Å². The highest BCUT2D eigenvalue weighted by atomic mass is 16.6. The van der Waals surface area contributed by atoms with E-state index in [-0.39, 0.29) is 11.7 Å². The van der Waals surface area contributed by atoms with Crippen LogP contribution in [0.15, 0.2) is 35.5 Å². The Kier molecular flexibility index (Phi) is 6.58. The molecular formula is C27H42O4. The summed E-state index contributed by atoms with van der Waals surface area (Å²) in [5, 5.41) is 30.6. The lowest BCUT2D eigenvalue weighted by Gasteiger charge is -2.44. The first-order valence-corrected chi connectivity index (χ1v) is 12.4. The van der Waals surface area contributed by atoms with Gasteiger partial charge in [-0.15, -0.1) is 0 Å². The number of rotatable bonds is 6.